The predicted molar refractivity (Wildman–Crippen MR) is 82.1 cm³/mol. The number of pyridine rings is 2. The molecule has 0 saturated heterocycles. The molecule has 3 aromatic rings. The van der Waals surface area contributed by atoms with Crippen molar-refractivity contribution in [2.24, 2.45) is 7.05 Å². The molecule has 3 rings (SSSR count). The van der Waals surface area contributed by atoms with E-state index in [9.17, 15) is 4.79 Å². The summed E-state index contributed by atoms with van der Waals surface area (Å²) in [6, 6.07) is 5.24. The highest BCUT2D eigenvalue weighted by atomic mass is 35.5. The first-order valence-electron chi connectivity index (χ1n) is 6.23. The molecule has 3 heterocycles. The van der Waals surface area contributed by atoms with Crippen molar-refractivity contribution in [1.82, 2.24) is 19.5 Å². The largest absolute Gasteiger partial charge is 0.329 e. The zero-order chi connectivity index (χ0) is 15.0. The molecule has 0 aliphatic heterocycles. The molecule has 0 aliphatic rings. The molecule has 0 bridgehead atoms. The topological polar surface area (TPSA) is 63.9 Å². The molecule has 0 saturated carbocycles. The van der Waals surface area contributed by atoms with Crippen LogP contribution in [0.1, 0.15) is 0 Å². The Morgan fingerprint density at radius 3 is 2.71 bits per heavy atom. The summed E-state index contributed by atoms with van der Waals surface area (Å²) in [6.45, 7) is 0. The van der Waals surface area contributed by atoms with E-state index >= 15 is 0 Å². The molecule has 0 aromatic carbocycles. The van der Waals surface area contributed by atoms with E-state index in [1.54, 1.807) is 30.4 Å². The molecule has 0 atom stereocenters. The van der Waals surface area contributed by atoms with Crippen LogP contribution < -0.4 is 10.5 Å². The van der Waals surface area contributed by atoms with Crippen LogP contribution in [0, 0.1) is 0 Å². The van der Waals surface area contributed by atoms with E-state index in [1.165, 1.54) is 10.9 Å². The van der Waals surface area contributed by atoms with Gasteiger partial charge in [-0.1, -0.05) is 11.6 Å². The van der Waals surface area contributed by atoms with E-state index < -0.39 is 0 Å². The fourth-order valence-corrected chi connectivity index (χ4v) is 2.29. The fraction of sp³-hybridized carbons (Fsp3) is 0.143. The maximum Gasteiger partial charge on any atom is 0.264 e. The summed E-state index contributed by atoms with van der Waals surface area (Å²) in [7, 11) is 3.47. The van der Waals surface area contributed by atoms with Gasteiger partial charge in [-0.05, 0) is 12.1 Å². The number of fused-ring (bicyclic) bond motifs is 1. The van der Waals surface area contributed by atoms with Gasteiger partial charge in [0.1, 0.15) is 16.4 Å². The van der Waals surface area contributed by atoms with Crippen LogP contribution in [0.15, 0.2) is 41.7 Å². The highest BCUT2D eigenvalue weighted by Crippen LogP contribution is 2.27. The second-order valence-corrected chi connectivity index (χ2v) is 4.98. The fourth-order valence-electron chi connectivity index (χ4n) is 2.11. The lowest BCUT2D eigenvalue weighted by atomic mass is 10.2. The van der Waals surface area contributed by atoms with Gasteiger partial charge in [-0.3, -0.25) is 9.78 Å². The van der Waals surface area contributed by atoms with Crippen LogP contribution in [0.5, 0.6) is 0 Å². The van der Waals surface area contributed by atoms with Crippen molar-refractivity contribution >= 4 is 34.0 Å². The van der Waals surface area contributed by atoms with Gasteiger partial charge >= 0.3 is 0 Å². The average Bonchev–Trinajstić information content (AvgIpc) is 2.50. The quantitative estimate of drug-likeness (QED) is 0.679. The number of anilines is 2. The molecule has 0 radical (unpaired) electrons. The molecule has 106 valence electrons. The third kappa shape index (κ3) is 2.34. The average molecular weight is 302 g/mol. The Bertz CT molecular complexity index is 862. The predicted octanol–water partition coefficient (Wildman–Crippen LogP) is 2.14. The van der Waals surface area contributed by atoms with Crippen LogP contribution in [0.2, 0.25) is 5.15 Å². The summed E-state index contributed by atoms with van der Waals surface area (Å²) in [5, 5.41) is 0.725. The van der Waals surface area contributed by atoms with Crippen LogP contribution in [-0.2, 0) is 7.05 Å². The minimum Gasteiger partial charge on any atom is -0.329 e. The standard InChI is InChI=1S/C14H12ClN5O/c1-19-8-17-10-7-11(15)18-13(12(10)14(19)21)20(2)9-3-5-16-6-4-9/h3-8H,1-2H3. The number of nitrogens with zero attached hydrogens (tertiary/aromatic N) is 5. The SMILES string of the molecule is CN(c1ccncc1)c1nc(Cl)cc2ncn(C)c(=O)c12. The minimum atomic E-state index is -0.167. The molecular weight excluding hydrogens is 290 g/mol. The maximum atomic E-state index is 12.4. The van der Waals surface area contributed by atoms with E-state index in [-0.39, 0.29) is 5.56 Å². The normalized spacial score (nSPS) is 10.8. The molecule has 0 N–H and O–H groups in total. The van der Waals surface area contributed by atoms with Crippen LogP contribution in [0.4, 0.5) is 11.5 Å². The third-order valence-electron chi connectivity index (χ3n) is 3.22. The lowest BCUT2D eigenvalue weighted by molar-refractivity contribution is 0.841. The van der Waals surface area contributed by atoms with Crippen molar-refractivity contribution in [1.29, 1.82) is 0 Å². The van der Waals surface area contributed by atoms with Gasteiger partial charge < -0.3 is 9.47 Å². The van der Waals surface area contributed by atoms with Crippen LogP contribution in [0.25, 0.3) is 10.9 Å². The summed E-state index contributed by atoms with van der Waals surface area (Å²) in [5.41, 5.74) is 1.21. The van der Waals surface area contributed by atoms with Crippen molar-refractivity contribution in [3.8, 4) is 0 Å². The lowest BCUT2D eigenvalue weighted by Crippen LogP contribution is -2.21. The first kappa shape index (κ1) is 13.5. The Hall–Kier alpha value is -2.47. The molecule has 3 aromatic heterocycles. The Labute approximate surface area is 125 Å². The van der Waals surface area contributed by atoms with Gasteiger partial charge in [-0.2, -0.15) is 0 Å². The maximum absolute atomic E-state index is 12.4. The number of hydrogen-bond donors (Lipinski definition) is 0. The van der Waals surface area contributed by atoms with Gasteiger partial charge in [0.2, 0.25) is 0 Å². The summed E-state index contributed by atoms with van der Waals surface area (Å²) in [6.07, 6.45) is 4.82. The Morgan fingerprint density at radius 2 is 2.00 bits per heavy atom. The van der Waals surface area contributed by atoms with E-state index in [0.29, 0.717) is 21.9 Å². The third-order valence-corrected chi connectivity index (χ3v) is 3.41. The summed E-state index contributed by atoms with van der Waals surface area (Å²) in [4.78, 5) is 26.7. The molecule has 0 aliphatic carbocycles. The van der Waals surface area contributed by atoms with E-state index in [0.717, 1.165) is 5.69 Å². The lowest BCUT2D eigenvalue weighted by Gasteiger charge is -2.19. The molecule has 0 amide bonds. The minimum absolute atomic E-state index is 0.167. The first-order valence-corrected chi connectivity index (χ1v) is 6.61. The van der Waals surface area contributed by atoms with Crippen molar-refractivity contribution in [2.75, 3.05) is 11.9 Å². The second kappa shape index (κ2) is 5.14. The molecule has 0 spiro atoms. The monoisotopic (exact) mass is 301 g/mol. The van der Waals surface area contributed by atoms with E-state index in [4.69, 9.17) is 11.6 Å². The molecule has 21 heavy (non-hydrogen) atoms. The van der Waals surface area contributed by atoms with Crippen molar-refractivity contribution in [3.63, 3.8) is 0 Å². The van der Waals surface area contributed by atoms with Crippen LogP contribution in [0.3, 0.4) is 0 Å². The van der Waals surface area contributed by atoms with E-state index in [1.807, 2.05) is 19.2 Å². The number of aromatic nitrogens is 4. The van der Waals surface area contributed by atoms with Crippen molar-refractivity contribution in [2.45, 2.75) is 0 Å². The number of rotatable bonds is 2. The molecule has 7 heteroatoms. The van der Waals surface area contributed by atoms with Crippen molar-refractivity contribution < 1.29 is 0 Å². The van der Waals surface area contributed by atoms with E-state index in [2.05, 4.69) is 15.0 Å². The van der Waals surface area contributed by atoms with Gasteiger partial charge in [-0.15, -0.1) is 0 Å². The van der Waals surface area contributed by atoms with Gasteiger partial charge in [0.15, 0.2) is 0 Å². The number of aryl methyl sites for hydroxylation is 1. The highest BCUT2D eigenvalue weighted by Gasteiger charge is 2.15. The highest BCUT2D eigenvalue weighted by molar-refractivity contribution is 6.30. The first-order chi connectivity index (χ1) is 10.1. The van der Waals surface area contributed by atoms with Crippen LogP contribution in [-0.4, -0.2) is 26.6 Å². The van der Waals surface area contributed by atoms with Gasteiger partial charge in [-0.25, -0.2) is 9.97 Å². The smallest absolute Gasteiger partial charge is 0.264 e. The Kier molecular flexibility index (Phi) is 3.31. The molecule has 0 fully saturated rings. The van der Waals surface area contributed by atoms with Gasteiger partial charge in [0.25, 0.3) is 5.56 Å². The number of hydrogen-bond acceptors (Lipinski definition) is 5. The zero-order valence-corrected chi connectivity index (χ0v) is 12.2. The summed E-state index contributed by atoms with van der Waals surface area (Å²) in [5.74, 6) is 0.470. The number of halogens is 1. The van der Waals surface area contributed by atoms with Crippen LogP contribution >= 0.6 is 11.6 Å². The second-order valence-electron chi connectivity index (χ2n) is 4.59. The van der Waals surface area contributed by atoms with Crippen molar-refractivity contribution in [3.05, 3.63) is 52.4 Å². The molecular formula is C14H12ClN5O. The molecule has 0 unspecified atom stereocenters. The summed E-state index contributed by atoms with van der Waals surface area (Å²) >= 11 is 6.05. The Balaban J connectivity index is 2.31. The van der Waals surface area contributed by atoms with Gasteiger partial charge in [0, 0.05) is 38.2 Å². The summed E-state index contributed by atoms with van der Waals surface area (Å²) < 4.78 is 1.42. The van der Waals surface area contributed by atoms with Gasteiger partial charge in [0.05, 0.1) is 11.8 Å². The zero-order valence-electron chi connectivity index (χ0n) is 11.5. The molecule has 6 nitrogen and oxygen atoms in total. The Morgan fingerprint density at radius 1 is 1.29 bits per heavy atom.